The lowest BCUT2D eigenvalue weighted by Crippen LogP contribution is -2.32. The number of nitrogens with zero attached hydrogens (tertiary/aromatic N) is 1. The third-order valence-electron chi connectivity index (χ3n) is 4.03. The Bertz CT molecular complexity index is 680. The van der Waals surface area contributed by atoms with Crippen LogP contribution in [0.2, 0.25) is 0 Å². The summed E-state index contributed by atoms with van der Waals surface area (Å²) in [6.07, 6.45) is 7.61. The van der Waals surface area contributed by atoms with Gasteiger partial charge in [0.25, 0.3) is 0 Å². The standard InChI is InChI=1S/C6H9N3O2.C6H13NO2.C5H9NO2.C2H5NO2/c7-5(6(10)11)1-4-2-8-3-9-4;1-2-3-4-5(7)6(8)9;7-5(8)4-2-1-3-6-4;3-1-2(4)5/h2-3,5H,1,7H2,(H,8,9)(H,10,11);5H,2-4,7H2,1H3,(H,8,9);4,6H,1-3H2,(H,7,8);1,3H2,(H,4,5)/t5-;;4-;/m0.0./s1. The van der Waals surface area contributed by atoms with Gasteiger partial charge in [0, 0.05) is 18.3 Å². The van der Waals surface area contributed by atoms with Gasteiger partial charge in [-0.2, -0.15) is 0 Å². The van der Waals surface area contributed by atoms with Crippen LogP contribution < -0.4 is 22.5 Å². The molecule has 14 heteroatoms. The molecule has 0 amide bonds. The van der Waals surface area contributed by atoms with Gasteiger partial charge in [0.1, 0.15) is 18.1 Å². The first-order valence-electron chi connectivity index (χ1n) is 10.3. The van der Waals surface area contributed by atoms with E-state index in [0.29, 0.717) is 6.42 Å². The Hall–Kier alpha value is -3.07. The molecule has 1 unspecified atom stereocenters. The van der Waals surface area contributed by atoms with E-state index in [-0.39, 0.29) is 19.0 Å². The number of unbranched alkanes of at least 4 members (excludes halogenated alkanes) is 1. The zero-order valence-corrected chi connectivity index (χ0v) is 18.6. The van der Waals surface area contributed by atoms with E-state index >= 15 is 0 Å². The van der Waals surface area contributed by atoms with Gasteiger partial charge in [-0.3, -0.25) is 19.2 Å². The molecular weight excluding hydrogens is 440 g/mol. The van der Waals surface area contributed by atoms with Crippen LogP contribution in [0.4, 0.5) is 0 Å². The molecule has 1 aliphatic heterocycles. The van der Waals surface area contributed by atoms with E-state index in [1.807, 2.05) is 6.92 Å². The number of nitrogens with two attached hydrogens (primary N) is 3. The third-order valence-corrected chi connectivity index (χ3v) is 4.03. The summed E-state index contributed by atoms with van der Waals surface area (Å²) in [5, 5.41) is 35.5. The molecule has 0 saturated carbocycles. The average molecular weight is 477 g/mol. The highest BCUT2D eigenvalue weighted by Crippen LogP contribution is 2.03. The molecule has 2 rings (SSSR count). The number of carbonyl (C=O) groups is 4. The van der Waals surface area contributed by atoms with E-state index in [4.69, 9.17) is 31.9 Å². The fourth-order valence-electron chi connectivity index (χ4n) is 2.16. The van der Waals surface area contributed by atoms with Gasteiger partial charge in [0.15, 0.2) is 0 Å². The van der Waals surface area contributed by atoms with E-state index in [2.05, 4.69) is 21.0 Å². The number of carboxylic acid groups (broad SMARTS) is 4. The number of hydrogen-bond acceptors (Lipinski definition) is 9. The predicted molar refractivity (Wildman–Crippen MR) is 118 cm³/mol. The van der Waals surface area contributed by atoms with Gasteiger partial charge in [0.2, 0.25) is 0 Å². The van der Waals surface area contributed by atoms with Crippen molar-refractivity contribution < 1.29 is 39.6 Å². The van der Waals surface area contributed by atoms with Crippen molar-refractivity contribution in [2.24, 2.45) is 17.2 Å². The summed E-state index contributed by atoms with van der Waals surface area (Å²) in [4.78, 5) is 46.2. The monoisotopic (exact) mass is 476 g/mol. The SMILES string of the molecule is CCCCC(N)C(=O)O.NCC(=O)O.N[C@@H](Cc1cnc[nH]1)C(=O)O.O=C(O)[C@@H]1CCCN1. The number of imidazole rings is 1. The van der Waals surface area contributed by atoms with Gasteiger partial charge in [-0.1, -0.05) is 19.8 Å². The molecule has 3 atom stereocenters. The molecule has 0 aromatic carbocycles. The van der Waals surface area contributed by atoms with E-state index in [1.165, 1.54) is 6.33 Å². The second kappa shape index (κ2) is 19.6. The van der Waals surface area contributed by atoms with Crippen molar-refractivity contribution in [2.45, 2.75) is 63.6 Å². The van der Waals surface area contributed by atoms with Gasteiger partial charge in [-0.25, -0.2) is 4.98 Å². The number of hydrogen-bond donors (Lipinski definition) is 9. The minimum Gasteiger partial charge on any atom is -0.480 e. The number of H-pyrrole nitrogens is 1. The Labute approximate surface area is 191 Å². The smallest absolute Gasteiger partial charge is 0.320 e. The van der Waals surface area contributed by atoms with Crippen molar-refractivity contribution in [3.05, 3.63) is 18.2 Å². The maximum absolute atomic E-state index is 10.3. The first kappa shape index (κ1) is 32.1. The molecule has 0 radical (unpaired) electrons. The molecule has 1 saturated heterocycles. The molecule has 1 aliphatic rings. The van der Waals surface area contributed by atoms with Gasteiger partial charge >= 0.3 is 23.9 Å². The summed E-state index contributed by atoms with van der Waals surface area (Å²) in [6.45, 7) is 2.59. The Balaban J connectivity index is 0. The van der Waals surface area contributed by atoms with Crippen molar-refractivity contribution in [2.75, 3.05) is 13.1 Å². The van der Waals surface area contributed by atoms with Gasteiger partial charge in [-0.05, 0) is 25.8 Å². The molecule has 14 nitrogen and oxygen atoms in total. The highest BCUT2D eigenvalue weighted by Gasteiger charge is 2.20. The van der Waals surface area contributed by atoms with Crippen LogP contribution in [0.25, 0.3) is 0 Å². The van der Waals surface area contributed by atoms with Crippen LogP contribution in [-0.2, 0) is 25.6 Å². The molecule has 0 bridgehead atoms. The number of carboxylic acids is 4. The fraction of sp³-hybridized carbons (Fsp3) is 0.632. The van der Waals surface area contributed by atoms with Crippen molar-refractivity contribution in [3.8, 4) is 0 Å². The summed E-state index contributed by atoms with van der Waals surface area (Å²) >= 11 is 0. The number of nitrogens with one attached hydrogen (secondary N) is 2. The quantitative estimate of drug-likeness (QED) is 0.203. The Kier molecular flexibility index (Phi) is 19.1. The van der Waals surface area contributed by atoms with Crippen molar-refractivity contribution >= 4 is 23.9 Å². The largest absolute Gasteiger partial charge is 0.480 e. The van der Waals surface area contributed by atoms with Crippen LogP contribution >= 0.6 is 0 Å². The lowest BCUT2D eigenvalue weighted by atomic mass is 10.1. The van der Waals surface area contributed by atoms with E-state index in [1.54, 1.807) is 6.20 Å². The predicted octanol–water partition coefficient (Wildman–Crippen LogP) is -1.19. The summed E-state index contributed by atoms with van der Waals surface area (Å²) < 4.78 is 0. The second-order valence-electron chi connectivity index (χ2n) is 6.90. The molecule has 1 aromatic rings. The van der Waals surface area contributed by atoms with Crippen LogP contribution in [0.1, 0.15) is 44.7 Å². The van der Waals surface area contributed by atoms with Crippen molar-refractivity contribution in [3.63, 3.8) is 0 Å². The van der Waals surface area contributed by atoms with Crippen LogP contribution in [0.15, 0.2) is 12.5 Å². The Morgan fingerprint density at radius 2 is 1.70 bits per heavy atom. The molecule has 1 fully saturated rings. The van der Waals surface area contributed by atoms with Crippen LogP contribution in [-0.4, -0.2) is 85.5 Å². The number of rotatable bonds is 9. The Morgan fingerprint density at radius 3 is 2.00 bits per heavy atom. The summed E-state index contributed by atoms with van der Waals surface area (Å²) in [6, 6.07) is -1.78. The molecule has 1 aromatic heterocycles. The number of aliphatic carboxylic acids is 4. The zero-order chi connectivity index (χ0) is 25.8. The van der Waals surface area contributed by atoms with Gasteiger partial charge in [-0.15, -0.1) is 0 Å². The van der Waals surface area contributed by atoms with Gasteiger partial charge < -0.3 is 47.9 Å². The van der Waals surface area contributed by atoms with Crippen molar-refractivity contribution in [1.82, 2.24) is 15.3 Å². The molecule has 0 spiro atoms. The van der Waals surface area contributed by atoms with Crippen LogP contribution in [0.3, 0.4) is 0 Å². The molecule has 0 aliphatic carbocycles. The molecule has 12 N–H and O–H groups in total. The van der Waals surface area contributed by atoms with Crippen LogP contribution in [0, 0.1) is 0 Å². The summed E-state index contributed by atoms with van der Waals surface area (Å²) in [5.74, 6) is -3.59. The summed E-state index contributed by atoms with van der Waals surface area (Å²) in [7, 11) is 0. The maximum atomic E-state index is 10.3. The first-order chi connectivity index (χ1) is 15.5. The lowest BCUT2D eigenvalue weighted by Gasteiger charge is -2.02. The molecule has 2 heterocycles. The lowest BCUT2D eigenvalue weighted by molar-refractivity contribution is -0.139. The minimum absolute atomic E-state index is 0.269. The van der Waals surface area contributed by atoms with Crippen LogP contribution in [0.5, 0.6) is 0 Å². The molecule has 33 heavy (non-hydrogen) atoms. The van der Waals surface area contributed by atoms with Crippen molar-refractivity contribution in [1.29, 1.82) is 0 Å². The topological polar surface area (TPSA) is 268 Å². The highest BCUT2D eigenvalue weighted by atomic mass is 16.4. The normalized spacial score (nSPS) is 15.8. The average Bonchev–Trinajstić information content (AvgIpc) is 3.47. The van der Waals surface area contributed by atoms with E-state index < -0.39 is 36.0 Å². The summed E-state index contributed by atoms with van der Waals surface area (Å²) in [5.41, 5.74) is 15.8. The van der Waals surface area contributed by atoms with E-state index in [0.717, 1.165) is 37.9 Å². The Morgan fingerprint density at radius 1 is 1.12 bits per heavy atom. The molecule has 190 valence electrons. The van der Waals surface area contributed by atoms with Gasteiger partial charge in [0.05, 0.1) is 12.9 Å². The minimum atomic E-state index is -1.00. The zero-order valence-electron chi connectivity index (χ0n) is 18.6. The molecular formula is C19H36N6O8. The third kappa shape index (κ3) is 19.3. The van der Waals surface area contributed by atoms with E-state index in [9.17, 15) is 19.2 Å². The fourth-order valence-corrected chi connectivity index (χ4v) is 2.16. The second-order valence-corrected chi connectivity index (χ2v) is 6.90. The first-order valence-corrected chi connectivity index (χ1v) is 10.3. The number of aromatic amines is 1. The maximum Gasteiger partial charge on any atom is 0.320 e. The number of aromatic nitrogens is 2. The highest BCUT2D eigenvalue weighted by molar-refractivity contribution is 5.74.